The van der Waals surface area contributed by atoms with E-state index < -0.39 is 44.2 Å². The van der Waals surface area contributed by atoms with Gasteiger partial charge >= 0.3 is 0 Å². The number of ether oxygens (including phenoxy) is 1. The number of fused-ring (bicyclic) bond motifs is 1. The molecule has 49 heavy (non-hydrogen) atoms. The number of nitrogens with zero attached hydrogens (tertiary/aromatic N) is 3. The number of aryl methyl sites for hydroxylation is 1. The predicted molar refractivity (Wildman–Crippen MR) is 183 cm³/mol. The molecular formula is C35H37Cl2FN4O6S. The van der Waals surface area contributed by atoms with Gasteiger partial charge in [0.1, 0.15) is 11.4 Å². The van der Waals surface area contributed by atoms with E-state index in [1.54, 1.807) is 37.5 Å². The zero-order valence-electron chi connectivity index (χ0n) is 27.6. The molecule has 2 amide bonds. The van der Waals surface area contributed by atoms with Crippen molar-refractivity contribution in [3.8, 4) is 0 Å². The van der Waals surface area contributed by atoms with Crippen LogP contribution in [0.2, 0.25) is 10.0 Å². The smallest absolute Gasteiger partial charge is 0.257 e. The van der Waals surface area contributed by atoms with Crippen LogP contribution in [0.3, 0.4) is 0 Å². The minimum absolute atomic E-state index is 0.0704. The lowest BCUT2D eigenvalue weighted by atomic mass is 9.85. The number of carbonyl (C=O) groups excluding carboxylic acids is 2. The third-order valence-corrected chi connectivity index (χ3v) is 10.7. The molecule has 4 aromatic rings. The summed E-state index contributed by atoms with van der Waals surface area (Å²) < 4.78 is 50.7. The molecular weight excluding hydrogens is 694 g/mol. The maximum absolute atomic E-state index is 16.8. The van der Waals surface area contributed by atoms with Gasteiger partial charge in [-0.25, -0.2) is 12.8 Å². The van der Waals surface area contributed by atoms with Crippen molar-refractivity contribution in [2.24, 2.45) is 18.2 Å². The molecule has 1 aromatic heterocycles. The van der Waals surface area contributed by atoms with Gasteiger partial charge in [0.05, 0.1) is 40.8 Å². The molecule has 2 atom stereocenters. The number of aliphatic hydroxyl groups is 1. The van der Waals surface area contributed by atoms with Crippen LogP contribution in [0.15, 0.2) is 71.9 Å². The number of carbonyl (C=O) groups is 2. The van der Waals surface area contributed by atoms with Gasteiger partial charge in [-0.2, -0.15) is 5.10 Å². The number of rotatable bonds is 10. The second-order valence-electron chi connectivity index (χ2n) is 12.4. The maximum atomic E-state index is 16.8. The van der Waals surface area contributed by atoms with Crippen LogP contribution >= 0.6 is 23.2 Å². The van der Waals surface area contributed by atoms with Gasteiger partial charge in [-0.15, -0.1) is 0 Å². The van der Waals surface area contributed by atoms with Crippen LogP contribution in [0.25, 0.3) is 0 Å². The Morgan fingerprint density at radius 2 is 1.71 bits per heavy atom. The van der Waals surface area contributed by atoms with E-state index in [9.17, 15) is 23.1 Å². The molecule has 0 bridgehead atoms. The SMILES string of the molecule is CC.Cn1cc(C(C)(O)c2cc(F)c3c(c2)C(=O)N(Cc2ccc(Cl)cc2S(C)(=O)=O)[C@@]3(OCC2(C(N)=O)CC2)c2ccc(Cl)cc2)cn1. The van der Waals surface area contributed by atoms with Gasteiger partial charge in [0, 0.05) is 40.7 Å². The van der Waals surface area contributed by atoms with Crippen LogP contribution in [0, 0.1) is 11.2 Å². The molecule has 1 aliphatic heterocycles. The standard InChI is InChI=1S/C33H31Cl2FN4O6S.C2H6/c1-31(43,22-15-38-39(2)17-22)21-12-25-28(26(36)13-21)33(20-5-8-23(34)9-6-20,46-18-32(10-11-32)30(37)42)40(29(25)41)16-19-4-7-24(35)14-27(19)47(3,44)45;1-2/h4-9,12-15,17,43H,10-11,16,18H2,1-3H3,(H2,37,42);1-2H3/t31?,33-;/m1./s1. The Hall–Kier alpha value is -3.81. The second-order valence-corrected chi connectivity index (χ2v) is 15.2. The number of benzene rings is 3. The Labute approximate surface area is 294 Å². The summed E-state index contributed by atoms with van der Waals surface area (Å²) in [5.74, 6) is -2.19. The van der Waals surface area contributed by atoms with E-state index in [4.69, 9.17) is 33.7 Å². The van der Waals surface area contributed by atoms with E-state index in [1.807, 2.05) is 13.8 Å². The van der Waals surface area contributed by atoms with Gasteiger partial charge in [-0.05, 0) is 67.3 Å². The molecule has 0 spiro atoms. The molecule has 0 radical (unpaired) electrons. The second kappa shape index (κ2) is 13.1. The maximum Gasteiger partial charge on any atom is 0.257 e. The summed E-state index contributed by atoms with van der Waals surface area (Å²) in [4.78, 5) is 28.2. The Balaban J connectivity index is 0.00000230. The Kier molecular flexibility index (Phi) is 9.78. The molecule has 2 heterocycles. The first kappa shape index (κ1) is 36.5. The third kappa shape index (κ3) is 6.48. The molecule has 1 unspecified atom stereocenters. The van der Waals surface area contributed by atoms with Crippen LogP contribution in [-0.4, -0.2) is 52.9 Å². The van der Waals surface area contributed by atoms with Crippen LogP contribution in [0.1, 0.15) is 71.8 Å². The van der Waals surface area contributed by atoms with Gasteiger partial charge in [0.15, 0.2) is 15.6 Å². The van der Waals surface area contributed by atoms with Crippen molar-refractivity contribution >= 4 is 44.9 Å². The normalized spacial score (nSPS) is 19.1. The van der Waals surface area contributed by atoms with E-state index in [0.29, 0.717) is 23.4 Å². The highest BCUT2D eigenvalue weighted by Crippen LogP contribution is 2.53. The van der Waals surface area contributed by atoms with E-state index >= 15 is 4.39 Å². The summed E-state index contributed by atoms with van der Waals surface area (Å²) in [5, 5.41) is 16.2. The van der Waals surface area contributed by atoms with Crippen molar-refractivity contribution in [2.75, 3.05) is 12.9 Å². The van der Waals surface area contributed by atoms with Gasteiger partial charge < -0.3 is 15.6 Å². The molecule has 2 aliphatic rings. The van der Waals surface area contributed by atoms with E-state index in [1.165, 1.54) is 47.0 Å². The average Bonchev–Trinajstić information content (AvgIpc) is 3.66. The van der Waals surface area contributed by atoms with E-state index in [0.717, 1.165) is 12.3 Å². The van der Waals surface area contributed by atoms with Crippen molar-refractivity contribution in [3.05, 3.63) is 116 Å². The summed E-state index contributed by atoms with van der Waals surface area (Å²) in [6, 6.07) is 13.0. The number of hydrogen-bond donors (Lipinski definition) is 2. The molecule has 1 fully saturated rings. The molecule has 260 valence electrons. The van der Waals surface area contributed by atoms with Crippen molar-refractivity contribution in [2.45, 2.75) is 56.4 Å². The molecule has 0 saturated heterocycles. The fourth-order valence-corrected chi connectivity index (χ4v) is 7.40. The van der Waals surface area contributed by atoms with Crippen molar-refractivity contribution < 1.29 is 32.2 Å². The van der Waals surface area contributed by atoms with E-state index in [-0.39, 0.29) is 50.9 Å². The van der Waals surface area contributed by atoms with Crippen LogP contribution in [0.5, 0.6) is 0 Å². The molecule has 3 N–H and O–H groups in total. The first-order valence-corrected chi connectivity index (χ1v) is 18.2. The highest BCUT2D eigenvalue weighted by molar-refractivity contribution is 7.90. The van der Waals surface area contributed by atoms with Crippen LogP contribution in [-0.2, 0) is 44.3 Å². The molecule has 14 heteroatoms. The zero-order valence-corrected chi connectivity index (χ0v) is 30.0. The minimum Gasteiger partial charge on any atom is -0.381 e. The fourth-order valence-electron chi connectivity index (χ4n) is 6.09. The van der Waals surface area contributed by atoms with Gasteiger partial charge in [0.25, 0.3) is 5.91 Å². The number of nitrogens with two attached hydrogens (primary N) is 1. The number of sulfone groups is 1. The fraction of sp³-hybridized carbons (Fsp3) is 0.343. The number of aromatic nitrogens is 2. The first-order valence-electron chi connectivity index (χ1n) is 15.6. The molecule has 1 saturated carbocycles. The Morgan fingerprint density at radius 3 is 2.27 bits per heavy atom. The summed E-state index contributed by atoms with van der Waals surface area (Å²) in [6.45, 7) is 4.83. The monoisotopic (exact) mass is 730 g/mol. The van der Waals surface area contributed by atoms with Crippen molar-refractivity contribution in [1.29, 1.82) is 0 Å². The number of halogens is 3. The van der Waals surface area contributed by atoms with Crippen LogP contribution in [0.4, 0.5) is 4.39 Å². The first-order chi connectivity index (χ1) is 23.0. The van der Waals surface area contributed by atoms with Crippen LogP contribution < -0.4 is 5.73 Å². The quantitative estimate of drug-likeness (QED) is 0.213. The van der Waals surface area contributed by atoms with Gasteiger partial charge in [-0.3, -0.25) is 19.2 Å². The van der Waals surface area contributed by atoms with Crippen molar-refractivity contribution in [3.63, 3.8) is 0 Å². The third-order valence-electron chi connectivity index (χ3n) is 9.04. The Bertz CT molecular complexity index is 2050. The molecule has 1 aliphatic carbocycles. The Morgan fingerprint density at radius 1 is 1.08 bits per heavy atom. The largest absolute Gasteiger partial charge is 0.381 e. The zero-order chi connectivity index (χ0) is 36.1. The molecule has 6 rings (SSSR count). The summed E-state index contributed by atoms with van der Waals surface area (Å²) in [6.07, 6.45) is 4.90. The van der Waals surface area contributed by atoms with Gasteiger partial charge in [0.2, 0.25) is 5.91 Å². The lowest BCUT2D eigenvalue weighted by molar-refractivity contribution is -0.142. The lowest BCUT2D eigenvalue weighted by Crippen LogP contribution is -2.48. The van der Waals surface area contributed by atoms with Crippen molar-refractivity contribution in [1.82, 2.24) is 14.7 Å². The summed E-state index contributed by atoms with van der Waals surface area (Å²) in [5.41, 5.74) is 1.53. The number of hydrogen-bond acceptors (Lipinski definition) is 7. The minimum atomic E-state index is -3.85. The lowest BCUT2D eigenvalue weighted by Gasteiger charge is -2.40. The highest BCUT2D eigenvalue weighted by atomic mass is 35.5. The summed E-state index contributed by atoms with van der Waals surface area (Å²) >= 11 is 12.4. The topological polar surface area (TPSA) is 145 Å². The van der Waals surface area contributed by atoms with Gasteiger partial charge in [-0.1, -0.05) is 55.2 Å². The summed E-state index contributed by atoms with van der Waals surface area (Å²) in [7, 11) is -2.18. The number of amides is 2. The van der Waals surface area contributed by atoms with E-state index in [2.05, 4.69) is 5.10 Å². The molecule has 10 nitrogen and oxygen atoms in total. The molecule has 3 aromatic carbocycles. The predicted octanol–water partition coefficient (Wildman–Crippen LogP) is 5.69. The number of primary amides is 1. The highest BCUT2D eigenvalue weighted by Gasteiger charge is 2.58. The average molecular weight is 732 g/mol.